The summed E-state index contributed by atoms with van der Waals surface area (Å²) in [5, 5.41) is 8.38. The van der Waals surface area contributed by atoms with E-state index in [4.69, 9.17) is 24.1 Å². The van der Waals surface area contributed by atoms with Gasteiger partial charge < -0.3 is 24.1 Å². The average molecular weight is 192 g/mol. The molecule has 78 valence electrons. The van der Waals surface area contributed by atoms with Crippen molar-refractivity contribution in [2.75, 3.05) is 46.2 Å². The third kappa shape index (κ3) is 6.92. The lowest BCUT2D eigenvalue weighted by Gasteiger charge is -2.04. The summed E-state index contributed by atoms with van der Waals surface area (Å²) >= 11 is 0. The van der Waals surface area contributed by atoms with E-state index in [0.717, 1.165) is 0 Å². The SMILES string of the molecule is OCCOCCOCCOC1CO1. The van der Waals surface area contributed by atoms with Crippen molar-refractivity contribution in [3.8, 4) is 0 Å². The van der Waals surface area contributed by atoms with Gasteiger partial charge in [0.15, 0.2) is 6.29 Å². The Balaban J connectivity index is 1.63. The first-order valence-electron chi connectivity index (χ1n) is 4.43. The second-order valence-electron chi connectivity index (χ2n) is 2.58. The Hall–Kier alpha value is -0.200. The van der Waals surface area contributed by atoms with Gasteiger partial charge in [-0.25, -0.2) is 0 Å². The molecule has 13 heavy (non-hydrogen) atoms. The largest absolute Gasteiger partial charge is 0.394 e. The fourth-order valence-electron chi connectivity index (χ4n) is 0.761. The molecule has 0 aromatic carbocycles. The molecule has 1 N–H and O–H groups in total. The van der Waals surface area contributed by atoms with E-state index in [1.165, 1.54) is 0 Å². The molecular formula is C8H16O5. The normalized spacial score (nSPS) is 20.5. The third-order valence-corrected chi connectivity index (χ3v) is 1.44. The van der Waals surface area contributed by atoms with Crippen molar-refractivity contribution >= 4 is 0 Å². The monoisotopic (exact) mass is 192 g/mol. The Morgan fingerprint density at radius 1 is 1.08 bits per heavy atom. The molecule has 0 spiro atoms. The van der Waals surface area contributed by atoms with Gasteiger partial charge in [0.2, 0.25) is 0 Å². The molecule has 0 bridgehead atoms. The highest BCUT2D eigenvalue weighted by molar-refractivity contribution is 4.54. The highest BCUT2D eigenvalue weighted by Gasteiger charge is 2.22. The summed E-state index contributed by atoms with van der Waals surface area (Å²) in [5.74, 6) is 0. The van der Waals surface area contributed by atoms with Crippen molar-refractivity contribution in [3.63, 3.8) is 0 Å². The van der Waals surface area contributed by atoms with Crippen LogP contribution in [0, 0.1) is 0 Å². The average Bonchev–Trinajstić information content (AvgIpc) is 2.93. The zero-order valence-corrected chi connectivity index (χ0v) is 7.61. The number of epoxide rings is 1. The fourth-order valence-corrected chi connectivity index (χ4v) is 0.761. The zero-order chi connectivity index (χ0) is 9.36. The van der Waals surface area contributed by atoms with Crippen LogP contribution in [0.1, 0.15) is 0 Å². The van der Waals surface area contributed by atoms with E-state index < -0.39 is 0 Å². The van der Waals surface area contributed by atoms with Crippen molar-refractivity contribution in [2.24, 2.45) is 0 Å². The summed E-state index contributed by atoms with van der Waals surface area (Å²) in [6.45, 7) is 3.31. The first-order chi connectivity index (χ1) is 6.43. The van der Waals surface area contributed by atoms with Gasteiger partial charge in [0.1, 0.15) is 6.61 Å². The van der Waals surface area contributed by atoms with Gasteiger partial charge in [0, 0.05) is 0 Å². The van der Waals surface area contributed by atoms with Crippen LogP contribution in [0.3, 0.4) is 0 Å². The molecule has 0 aromatic rings. The van der Waals surface area contributed by atoms with Crippen LogP contribution in [0.15, 0.2) is 0 Å². The van der Waals surface area contributed by atoms with E-state index in [2.05, 4.69) is 0 Å². The Morgan fingerprint density at radius 2 is 1.69 bits per heavy atom. The van der Waals surface area contributed by atoms with Gasteiger partial charge in [-0.05, 0) is 0 Å². The van der Waals surface area contributed by atoms with E-state index in [0.29, 0.717) is 39.6 Å². The summed E-state index contributed by atoms with van der Waals surface area (Å²) in [6, 6.07) is 0. The zero-order valence-electron chi connectivity index (χ0n) is 7.61. The van der Waals surface area contributed by atoms with E-state index >= 15 is 0 Å². The van der Waals surface area contributed by atoms with Gasteiger partial charge in [-0.15, -0.1) is 0 Å². The molecule has 0 aliphatic carbocycles. The maximum absolute atomic E-state index is 8.38. The van der Waals surface area contributed by atoms with Gasteiger partial charge in [-0.1, -0.05) is 0 Å². The third-order valence-electron chi connectivity index (χ3n) is 1.44. The summed E-state index contributed by atoms with van der Waals surface area (Å²) < 4.78 is 20.1. The molecule has 1 rings (SSSR count). The Kier molecular flexibility index (Phi) is 6.05. The molecule has 1 aliphatic rings. The van der Waals surface area contributed by atoms with E-state index in [9.17, 15) is 0 Å². The van der Waals surface area contributed by atoms with Crippen LogP contribution in [-0.4, -0.2) is 57.6 Å². The molecule has 1 fully saturated rings. The maximum atomic E-state index is 8.38. The summed E-state index contributed by atoms with van der Waals surface area (Å²) in [7, 11) is 0. The lowest BCUT2D eigenvalue weighted by molar-refractivity contribution is -0.0138. The van der Waals surface area contributed by atoms with Crippen molar-refractivity contribution in [2.45, 2.75) is 6.29 Å². The summed E-state index contributed by atoms with van der Waals surface area (Å²) in [6.07, 6.45) is 0.00855. The predicted molar refractivity (Wildman–Crippen MR) is 44.4 cm³/mol. The molecule has 5 heteroatoms. The topological polar surface area (TPSA) is 60.5 Å². The number of aliphatic hydroxyl groups is 1. The second-order valence-corrected chi connectivity index (χ2v) is 2.58. The van der Waals surface area contributed by atoms with Crippen LogP contribution in [0.5, 0.6) is 0 Å². The number of hydrogen-bond donors (Lipinski definition) is 1. The van der Waals surface area contributed by atoms with Gasteiger partial charge in [0.05, 0.1) is 39.6 Å². The van der Waals surface area contributed by atoms with Crippen LogP contribution in [-0.2, 0) is 18.9 Å². The van der Waals surface area contributed by atoms with Gasteiger partial charge in [-0.2, -0.15) is 0 Å². The minimum atomic E-state index is 0.00855. The van der Waals surface area contributed by atoms with Gasteiger partial charge >= 0.3 is 0 Å². The van der Waals surface area contributed by atoms with E-state index in [1.54, 1.807) is 0 Å². The maximum Gasteiger partial charge on any atom is 0.181 e. The Labute approximate surface area is 77.5 Å². The molecule has 1 saturated heterocycles. The molecule has 1 unspecified atom stereocenters. The van der Waals surface area contributed by atoms with E-state index in [1.807, 2.05) is 0 Å². The molecule has 1 atom stereocenters. The van der Waals surface area contributed by atoms with Crippen LogP contribution in [0.2, 0.25) is 0 Å². The molecule has 0 amide bonds. The van der Waals surface area contributed by atoms with Crippen molar-refractivity contribution in [1.29, 1.82) is 0 Å². The van der Waals surface area contributed by atoms with Crippen LogP contribution >= 0.6 is 0 Å². The molecule has 5 nitrogen and oxygen atoms in total. The standard InChI is InChI=1S/C8H16O5/c9-1-2-10-3-4-11-5-6-12-8-7-13-8/h8-9H,1-7H2. The predicted octanol–water partition coefficient (Wildman–Crippen LogP) is -0.615. The van der Waals surface area contributed by atoms with Crippen LogP contribution in [0.4, 0.5) is 0 Å². The minimum Gasteiger partial charge on any atom is -0.394 e. The summed E-state index contributed by atoms with van der Waals surface area (Å²) in [4.78, 5) is 0. The molecule has 0 saturated carbocycles. The first kappa shape index (κ1) is 10.9. The highest BCUT2D eigenvalue weighted by Crippen LogP contribution is 2.09. The van der Waals surface area contributed by atoms with Crippen molar-refractivity contribution in [3.05, 3.63) is 0 Å². The quantitative estimate of drug-likeness (QED) is 0.390. The van der Waals surface area contributed by atoms with Crippen LogP contribution < -0.4 is 0 Å². The fraction of sp³-hybridized carbons (Fsp3) is 1.00. The Morgan fingerprint density at radius 3 is 2.31 bits per heavy atom. The van der Waals surface area contributed by atoms with Gasteiger partial charge in [0.25, 0.3) is 0 Å². The molecular weight excluding hydrogens is 176 g/mol. The number of hydrogen-bond acceptors (Lipinski definition) is 5. The molecule has 1 heterocycles. The minimum absolute atomic E-state index is 0.00855. The Bertz CT molecular complexity index is 115. The molecule has 0 radical (unpaired) electrons. The van der Waals surface area contributed by atoms with Crippen molar-refractivity contribution < 1.29 is 24.1 Å². The highest BCUT2D eigenvalue weighted by atomic mass is 16.8. The van der Waals surface area contributed by atoms with E-state index in [-0.39, 0.29) is 12.9 Å². The van der Waals surface area contributed by atoms with Gasteiger partial charge in [-0.3, -0.25) is 0 Å². The lowest BCUT2D eigenvalue weighted by atomic mass is 10.7. The molecule has 0 aromatic heterocycles. The lowest BCUT2D eigenvalue weighted by Crippen LogP contribution is -2.11. The smallest absolute Gasteiger partial charge is 0.181 e. The second kappa shape index (κ2) is 7.23. The first-order valence-corrected chi connectivity index (χ1v) is 4.43. The van der Waals surface area contributed by atoms with Crippen molar-refractivity contribution in [1.82, 2.24) is 0 Å². The summed E-state index contributed by atoms with van der Waals surface area (Å²) in [5.41, 5.74) is 0. The number of aliphatic hydroxyl groups excluding tert-OH is 1. The number of rotatable bonds is 9. The number of ether oxygens (including phenoxy) is 4. The molecule has 1 aliphatic heterocycles. The van der Waals surface area contributed by atoms with Crippen LogP contribution in [0.25, 0.3) is 0 Å².